The van der Waals surface area contributed by atoms with Crippen molar-refractivity contribution >= 4 is 15.7 Å². The van der Waals surface area contributed by atoms with E-state index in [-0.39, 0.29) is 5.56 Å². The van der Waals surface area contributed by atoms with Gasteiger partial charge in [0.05, 0.1) is 18.5 Å². The van der Waals surface area contributed by atoms with Crippen molar-refractivity contribution in [1.29, 1.82) is 0 Å². The zero-order valence-electron chi connectivity index (χ0n) is 10.3. The summed E-state index contributed by atoms with van der Waals surface area (Å²) in [5.74, 6) is -4.02. The molecule has 0 unspecified atom stereocenters. The maximum Gasteiger partial charge on any atom is 0.265 e. The minimum atomic E-state index is -4.57. The lowest BCUT2D eigenvalue weighted by Crippen LogP contribution is -2.17. The third-order valence-corrected chi connectivity index (χ3v) is 3.91. The smallest absolute Gasteiger partial charge is 0.265 e. The third kappa shape index (κ3) is 3.14. The number of aromatic nitrogens is 1. The number of rotatable bonds is 4. The molecule has 2 N–H and O–H groups in total. The zero-order chi connectivity index (χ0) is 15.6. The number of nitrogens with one attached hydrogen (secondary N) is 1. The van der Waals surface area contributed by atoms with Crippen molar-refractivity contribution < 1.29 is 26.7 Å². The Kier molecular flexibility index (Phi) is 4.14. The summed E-state index contributed by atoms with van der Waals surface area (Å²) in [7, 11) is -4.57. The van der Waals surface area contributed by atoms with Gasteiger partial charge >= 0.3 is 0 Å². The van der Waals surface area contributed by atoms with E-state index >= 15 is 0 Å². The molecule has 0 radical (unpaired) electrons. The summed E-state index contributed by atoms with van der Waals surface area (Å²) < 4.78 is 66.1. The molecule has 0 atom stereocenters. The summed E-state index contributed by atoms with van der Waals surface area (Å²) >= 11 is 0. The quantitative estimate of drug-likeness (QED) is 0.901. The standard InChI is InChI=1S/C12H9F3N2O3S/c13-8-3-7(6-18)4-11(12(8)15)21(19,20)17-10-1-2-16-5-9(10)14/h1-5,18H,6H2,(H,16,17). The third-order valence-electron chi connectivity index (χ3n) is 2.54. The number of benzene rings is 1. The molecule has 0 spiro atoms. The fourth-order valence-corrected chi connectivity index (χ4v) is 2.77. The van der Waals surface area contributed by atoms with Gasteiger partial charge in [-0.1, -0.05) is 0 Å². The maximum absolute atomic E-state index is 13.6. The Morgan fingerprint density at radius 1 is 1.19 bits per heavy atom. The first kappa shape index (κ1) is 15.3. The maximum atomic E-state index is 13.6. The summed E-state index contributed by atoms with van der Waals surface area (Å²) in [5, 5.41) is 8.90. The molecule has 1 aromatic heterocycles. The average molecular weight is 318 g/mol. The van der Waals surface area contributed by atoms with Crippen molar-refractivity contribution in [2.24, 2.45) is 0 Å². The second-order valence-corrected chi connectivity index (χ2v) is 5.66. The molecule has 0 fully saturated rings. The van der Waals surface area contributed by atoms with Gasteiger partial charge in [-0.3, -0.25) is 9.71 Å². The minimum absolute atomic E-state index is 0.135. The molecule has 0 saturated carbocycles. The van der Waals surface area contributed by atoms with Gasteiger partial charge in [-0.25, -0.2) is 21.6 Å². The van der Waals surface area contributed by atoms with Crippen LogP contribution in [-0.4, -0.2) is 18.5 Å². The van der Waals surface area contributed by atoms with Crippen LogP contribution >= 0.6 is 0 Å². The lowest BCUT2D eigenvalue weighted by atomic mass is 10.2. The Balaban J connectivity index is 2.50. The molecule has 1 aromatic carbocycles. The normalized spacial score (nSPS) is 11.4. The lowest BCUT2D eigenvalue weighted by Gasteiger charge is -2.11. The van der Waals surface area contributed by atoms with E-state index < -0.39 is 44.7 Å². The largest absolute Gasteiger partial charge is 0.392 e. The van der Waals surface area contributed by atoms with Crippen molar-refractivity contribution in [3.63, 3.8) is 0 Å². The molecule has 0 bridgehead atoms. The molecule has 112 valence electrons. The second-order valence-electron chi connectivity index (χ2n) is 4.01. The van der Waals surface area contributed by atoms with Crippen LogP contribution in [0.15, 0.2) is 35.5 Å². The monoisotopic (exact) mass is 318 g/mol. The van der Waals surface area contributed by atoms with E-state index in [4.69, 9.17) is 5.11 Å². The zero-order valence-corrected chi connectivity index (χ0v) is 11.2. The Hall–Kier alpha value is -2.13. The summed E-state index contributed by atoms with van der Waals surface area (Å²) in [6.45, 7) is -0.677. The molecule has 0 amide bonds. The molecule has 0 aliphatic carbocycles. The molecule has 0 aliphatic rings. The van der Waals surface area contributed by atoms with Gasteiger partial charge in [0.1, 0.15) is 4.90 Å². The SMILES string of the molecule is O=S(=O)(Nc1ccncc1F)c1cc(CO)cc(F)c1F. The molecule has 21 heavy (non-hydrogen) atoms. The Labute approximate surface area is 118 Å². The highest BCUT2D eigenvalue weighted by Crippen LogP contribution is 2.23. The predicted molar refractivity (Wildman–Crippen MR) is 67.3 cm³/mol. The van der Waals surface area contributed by atoms with Crippen LogP contribution in [0.4, 0.5) is 18.9 Å². The number of aliphatic hydroxyl groups is 1. The highest BCUT2D eigenvalue weighted by Gasteiger charge is 2.24. The second kappa shape index (κ2) is 5.70. The van der Waals surface area contributed by atoms with Crippen LogP contribution in [0, 0.1) is 17.5 Å². The molecule has 9 heteroatoms. The van der Waals surface area contributed by atoms with Crippen molar-refractivity contribution in [1.82, 2.24) is 4.98 Å². The summed E-state index contributed by atoms with van der Waals surface area (Å²) in [4.78, 5) is 2.40. The molecule has 5 nitrogen and oxygen atoms in total. The molecular formula is C12H9F3N2O3S. The van der Waals surface area contributed by atoms with Gasteiger partial charge in [0, 0.05) is 6.20 Å². The van der Waals surface area contributed by atoms with Crippen LogP contribution in [0.3, 0.4) is 0 Å². The molecule has 2 rings (SSSR count). The summed E-state index contributed by atoms with van der Waals surface area (Å²) in [5.41, 5.74) is -0.594. The fourth-order valence-electron chi connectivity index (χ4n) is 1.56. The predicted octanol–water partition coefficient (Wildman–Crippen LogP) is 1.79. The van der Waals surface area contributed by atoms with E-state index in [2.05, 4.69) is 4.98 Å². The number of anilines is 1. The van der Waals surface area contributed by atoms with Gasteiger partial charge in [0.2, 0.25) is 0 Å². The van der Waals surface area contributed by atoms with Gasteiger partial charge in [-0.15, -0.1) is 0 Å². The van der Waals surface area contributed by atoms with E-state index in [1.807, 2.05) is 0 Å². The number of halogens is 3. The van der Waals surface area contributed by atoms with Gasteiger partial charge < -0.3 is 5.11 Å². The van der Waals surface area contributed by atoms with Crippen molar-refractivity contribution in [3.05, 3.63) is 53.6 Å². The van der Waals surface area contributed by atoms with E-state index in [0.717, 1.165) is 24.5 Å². The average Bonchev–Trinajstić information content (AvgIpc) is 2.43. The van der Waals surface area contributed by atoms with Crippen LogP contribution in [0.2, 0.25) is 0 Å². The number of hydrogen-bond acceptors (Lipinski definition) is 4. The fraction of sp³-hybridized carbons (Fsp3) is 0.0833. The number of nitrogens with zero attached hydrogens (tertiary/aromatic N) is 1. The van der Waals surface area contributed by atoms with Crippen molar-refractivity contribution in [2.75, 3.05) is 4.72 Å². The van der Waals surface area contributed by atoms with E-state index in [0.29, 0.717) is 6.07 Å². The number of pyridine rings is 1. The van der Waals surface area contributed by atoms with Gasteiger partial charge in [-0.05, 0) is 23.8 Å². The number of sulfonamides is 1. The first-order chi connectivity index (χ1) is 9.85. The molecule has 0 aliphatic heterocycles. The van der Waals surface area contributed by atoms with Crippen LogP contribution in [0.1, 0.15) is 5.56 Å². The van der Waals surface area contributed by atoms with Crippen LogP contribution in [-0.2, 0) is 16.6 Å². The number of hydrogen-bond donors (Lipinski definition) is 2. The van der Waals surface area contributed by atoms with Crippen LogP contribution < -0.4 is 4.72 Å². The number of aliphatic hydroxyl groups excluding tert-OH is 1. The van der Waals surface area contributed by atoms with Gasteiger partial charge in [0.25, 0.3) is 10.0 Å². The van der Waals surface area contributed by atoms with Crippen molar-refractivity contribution in [2.45, 2.75) is 11.5 Å². The lowest BCUT2D eigenvalue weighted by molar-refractivity contribution is 0.280. The molecular weight excluding hydrogens is 309 g/mol. The molecule has 1 heterocycles. The van der Waals surface area contributed by atoms with E-state index in [9.17, 15) is 21.6 Å². The van der Waals surface area contributed by atoms with Crippen LogP contribution in [0.25, 0.3) is 0 Å². The minimum Gasteiger partial charge on any atom is -0.392 e. The summed E-state index contributed by atoms with van der Waals surface area (Å²) in [6, 6.07) is 2.46. The van der Waals surface area contributed by atoms with E-state index in [1.165, 1.54) is 0 Å². The molecule has 0 saturated heterocycles. The summed E-state index contributed by atoms with van der Waals surface area (Å²) in [6.07, 6.45) is 1.89. The molecule has 2 aromatic rings. The van der Waals surface area contributed by atoms with E-state index in [1.54, 1.807) is 4.72 Å². The first-order valence-corrected chi connectivity index (χ1v) is 7.04. The Morgan fingerprint density at radius 3 is 2.52 bits per heavy atom. The topological polar surface area (TPSA) is 79.3 Å². The Morgan fingerprint density at radius 2 is 1.90 bits per heavy atom. The Bertz CT molecular complexity index is 781. The van der Waals surface area contributed by atoms with Gasteiger partial charge in [0.15, 0.2) is 17.5 Å². The van der Waals surface area contributed by atoms with Gasteiger partial charge in [-0.2, -0.15) is 0 Å². The van der Waals surface area contributed by atoms with Crippen LogP contribution in [0.5, 0.6) is 0 Å². The first-order valence-electron chi connectivity index (χ1n) is 5.56. The highest BCUT2D eigenvalue weighted by molar-refractivity contribution is 7.92. The highest BCUT2D eigenvalue weighted by atomic mass is 32.2. The van der Waals surface area contributed by atoms with Crippen molar-refractivity contribution in [3.8, 4) is 0 Å².